The normalized spacial score (nSPS) is 16.8. The van der Waals surface area contributed by atoms with E-state index in [1.165, 1.54) is 18.7 Å². The molecule has 3 heterocycles. The van der Waals surface area contributed by atoms with Crippen LogP contribution in [0.3, 0.4) is 0 Å². The second kappa shape index (κ2) is 8.12. The molecule has 4 rings (SSSR count). The van der Waals surface area contributed by atoms with Gasteiger partial charge in [0.1, 0.15) is 30.6 Å². The van der Waals surface area contributed by atoms with Gasteiger partial charge in [-0.25, -0.2) is 24.0 Å². The maximum Gasteiger partial charge on any atom is 0.225 e. The van der Waals surface area contributed by atoms with Gasteiger partial charge < -0.3 is 10.2 Å². The molecule has 1 aliphatic rings. The highest BCUT2D eigenvalue weighted by molar-refractivity contribution is 5.79. The first kappa shape index (κ1) is 18.0. The van der Waals surface area contributed by atoms with Crippen molar-refractivity contribution in [3.8, 4) is 5.82 Å². The smallest absolute Gasteiger partial charge is 0.225 e. The first-order valence-corrected chi connectivity index (χ1v) is 9.14. The summed E-state index contributed by atoms with van der Waals surface area (Å²) in [5, 5.41) is 6.93. The van der Waals surface area contributed by atoms with Crippen molar-refractivity contribution in [1.29, 1.82) is 0 Å². The quantitative estimate of drug-likeness (QED) is 0.724. The fourth-order valence-corrected chi connectivity index (χ4v) is 3.33. The molecule has 9 heteroatoms. The van der Waals surface area contributed by atoms with Crippen molar-refractivity contribution < 1.29 is 9.18 Å². The Morgan fingerprint density at radius 1 is 1.21 bits per heavy atom. The van der Waals surface area contributed by atoms with Crippen LogP contribution in [-0.2, 0) is 11.3 Å². The Balaban J connectivity index is 1.41. The van der Waals surface area contributed by atoms with E-state index in [0.717, 1.165) is 25.2 Å². The van der Waals surface area contributed by atoms with Crippen LogP contribution in [0.4, 0.5) is 10.2 Å². The Morgan fingerprint density at radius 3 is 2.89 bits per heavy atom. The lowest BCUT2D eigenvalue weighted by Crippen LogP contribution is -2.43. The monoisotopic (exact) mass is 381 g/mol. The molecule has 0 spiro atoms. The number of halogens is 1. The Hall–Kier alpha value is -3.36. The summed E-state index contributed by atoms with van der Waals surface area (Å²) < 4.78 is 15.3. The van der Waals surface area contributed by atoms with E-state index >= 15 is 0 Å². The Kier molecular flexibility index (Phi) is 5.22. The molecule has 1 unspecified atom stereocenters. The zero-order chi connectivity index (χ0) is 19.3. The van der Waals surface area contributed by atoms with E-state index in [-0.39, 0.29) is 24.2 Å². The van der Waals surface area contributed by atoms with Gasteiger partial charge in [-0.05, 0) is 18.9 Å². The zero-order valence-corrected chi connectivity index (χ0v) is 15.2. The fraction of sp³-hybridized carbons (Fsp3) is 0.316. The number of rotatable bonds is 5. The molecule has 1 amide bonds. The predicted molar refractivity (Wildman–Crippen MR) is 100 cm³/mol. The molecule has 1 aliphatic heterocycles. The number of anilines is 1. The van der Waals surface area contributed by atoms with E-state index in [1.807, 2.05) is 6.07 Å². The molecule has 0 bridgehead atoms. The average molecular weight is 381 g/mol. The standard InChI is InChI=1S/C19H20FN7O/c20-16-6-2-1-4-14(16)9-22-19(28)15-5-3-7-26(10-15)17-8-18(24-12-23-17)27-13-21-11-25-27/h1-2,4,6,8,11-13,15H,3,5,7,9-10H2,(H,22,28). The van der Waals surface area contributed by atoms with Gasteiger partial charge in [-0.15, -0.1) is 0 Å². The van der Waals surface area contributed by atoms with Crippen LogP contribution in [-0.4, -0.2) is 43.7 Å². The van der Waals surface area contributed by atoms with Crippen molar-refractivity contribution in [3.05, 3.63) is 60.7 Å². The lowest BCUT2D eigenvalue weighted by atomic mass is 9.97. The second-order valence-electron chi connectivity index (χ2n) is 6.67. The molecule has 1 aromatic carbocycles. The average Bonchev–Trinajstić information content (AvgIpc) is 3.28. The number of nitrogens with zero attached hydrogens (tertiary/aromatic N) is 6. The SMILES string of the molecule is O=C(NCc1ccccc1F)C1CCCN(c2cc(-n3cncn3)ncn2)C1. The summed E-state index contributed by atoms with van der Waals surface area (Å²) in [6.07, 6.45) is 6.16. The number of carbonyl (C=O) groups is 1. The highest BCUT2D eigenvalue weighted by Gasteiger charge is 2.26. The first-order chi connectivity index (χ1) is 13.7. The van der Waals surface area contributed by atoms with Crippen LogP contribution in [0.5, 0.6) is 0 Å². The van der Waals surface area contributed by atoms with E-state index in [0.29, 0.717) is 17.9 Å². The molecule has 1 N–H and O–H groups in total. The third-order valence-electron chi connectivity index (χ3n) is 4.82. The zero-order valence-electron chi connectivity index (χ0n) is 15.2. The molecule has 28 heavy (non-hydrogen) atoms. The summed E-state index contributed by atoms with van der Waals surface area (Å²) in [6.45, 7) is 1.55. The maximum absolute atomic E-state index is 13.7. The summed E-state index contributed by atoms with van der Waals surface area (Å²) in [5.74, 6) is 0.805. The topological polar surface area (TPSA) is 88.8 Å². The molecular weight excluding hydrogens is 361 g/mol. The maximum atomic E-state index is 13.7. The number of nitrogens with one attached hydrogen (secondary N) is 1. The van der Waals surface area contributed by atoms with Gasteiger partial charge in [-0.3, -0.25) is 4.79 Å². The molecule has 1 saturated heterocycles. The third-order valence-corrected chi connectivity index (χ3v) is 4.82. The highest BCUT2D eigenvalue weighted by atomic mass is 19.1. The van der Waals surface area contributed by atoms with Crippen molar-refractivity contribution in [2.75, 3.05) is 18.0 Å². The van der Waals surface area contributed by atoms with E-state index < -0.39 is 0 Å². The number of hydrogen-bond donors (Lipinski definition) is 1. The van der Waals surface area contributed by atoms with Gasteiger partial charge in [0.15, 0.2) is 5.82 Å². The van der Waals surface area contributed by atoms with Gasteiger partial charge in [-0.2, -0.15) is 5.10 Å². The van der Waals surface area contributed by atoms with Gasteiger partial charge in [0.25, 0.3) is 0 Å². The van der Waals surface area contributed by atoms with Crippen molar-refractivity contribution in [2.24, 2.45) is 5.92 Å². The largest absolute Gasteiger partial charge is 0.356 e. The van der Waals surface area contributed by atoms with Gasteiger partial charge in [-0.1, -0.05) is 18.2 Å². The Labute approximate surface area is 161 Å². The lowest BCUT2D eigenvalue weighted by molar-refractivity contribution is -0.125. The van der Waals surface area contributed by atoms with Crippen LogP contribution in [0.25, 0.3) is 5.82 Å². The third kappa shape index (κ3) is 3.98. The summed E-state index contributed by atoms with van der Waals surface area (Å²) in [7, 11) is 0. The Bertz CT molecular complexity index is 947. The van der Waals surface area contributed by atoms with Crippen molar-refractivity contribution >= 4 is 11.7 Å². The second-order valence-corrected chi connectivity index (χ2v) is 6.67. The van der Waals surface area contributed by atoms with Gasteiger partial charge >= 0.3 is 0 Å². The van der Waals surface area contributed by atoms with E-state index in [9.17, 15) is 9.18 Å². The lowest BCUT2D eigenvalue weighted by Gasteiger charge is -2.32. The minimum Gasteiger partial charge on any atom is -0.356 e. The number of benzene rings is 1. The van der Waals surface area contributed by atoms with Crippen LogP contribution in [0.15, 0.2) is 49.3 Å². The molecule has 2 aromatic heterocycles. The van der Waals surface area contributed by atoms with Crippen LogP contribution in [0.1, 0.15) is 18.4 Å². The summed E-state index contributed by atoms with van der Waals surface area (Å²) in [5.41, 5.74) is 0.483. The van der Waals surface area contributed by atoms with Crippen LogP contribution < -0.4 is 10.2 Å². The Morgan fingerprint density at radius 2 is 2.07 bits per heavy atom. The summed E-state index contributed by atoms with van der Waals surface area (Å²) in [6, 6.07) is 8.29. The van der Waals surface area contributed by atoms with Crippen molar-refractivity contribution in [1.82, 2.24) is 30.0 Å². The first-order valence-electron chi connectivity index (χ1n) is 9.14. The molecule has 0 radical (unpaired) electrons. The number of aromatic nitrogens is 5. The molecule has 1 fully saturated rings. The van der Waals surface area contributed by atoms with Crippen molar-refractivity contribution in [3.63, 3.8) is 0 Å². The minimum absolute atomic E-state index is 0.0708. The number of carbonyl (C=O) groups excluding carboxylic acids is 1. The van der Waals surface area contributed by atoms with Gasteiger partial charge in [0.2, 0.25) is 5.91 Å². The van der Waals surface area contributed by atoms with Crippen LogP contribution in [0, 0.1) is 11.7 Å². The summed E-state index contributed by atoms with van der Waals surface area (Å²) >= 11 is 0. The molecular formula is C19H20FN7O. The van der Waals surface area contributed by atoms with Gasteiger partial charge in [0.05, 0.1) is 5.92 Å². The predicted octanol–water partition coefficient (Wildman–Crippen LogP) is 1.73. The van der Waals surface area contributed by atoms with Crippen LogP contribution in [0.2, 0.25) is 0 Å². The van der Waals surface area contributed by atoms with E-state index in [4.69, 9.17) is 0 Å². The van der Waals surface area contributed by atoms with Crippen LogP contribution >= 0.6 is 0 Å². The van der Waals surface area contributed by atoms with E-state index in [1.54, 1.807) is 29.2 Å². The van der Waals surface area contributed by atoms with Crippen molar-refractivity contribution in [2.45, 2.75) is 19.4 Å². The fourth-order valence-electron chi connectivity index (χ4n) is 3.33. The number of hydrogen-bond acceptors (Lipinski definition) is 6. The highest BCUT2D eigenvalue weighted by Crippen LogP contribution is 2.22. The molecule has 144 valence electrons. The molecule has 1 atom stereocenters. The molecule has 0 saturated carbocycles. The number of piperidine rings is 1. The van der Waals surface area contributed by atoms with Gasteiger partial charge in [0, 0.05) is 31.3 Å². The molecule has 8 nitrogen and oxygen atoms in total. The number of amides is 1. The molecule has 3 aromatic rings. The van der Waals surface area contributed by atoms with E-state index in [2.05, 4.69) is 30.3 Å². The minimum atomic E-state index is -0.310. The summed E-state index contributed by atoms with van der Waals surface area (Å²) in [4.78, 5) is 27.1. The molecule has 0 aliphatic carbocycles.